The van der Waals surface area contributed by atoms with Gasteiger partial charge in [0.15, 0.2) is 0 Å². The van der Waals surface area contributed by atoms with Crippen molar-refractivity contribution in [1.29, 1.82) is 0 Å². The van der Waals surface area contributed by atoms with Gasteiger partial charge < -0.3 is 5.32 Å². The summed E-state index contributed by atoms with van der Waals surface area (Å²) in [7, 11) is -3.39. The normalized spacial score (nSPS) is 15.4. The summed E-state index contributed by atoms with van der Waals surface area (Å²) in [5, 5.41) is 3.36. The first-order valence-corrected chi connectivity index (χ1v) is 9.74. The molecule has 2 aromatic rings. The maximum Gasteiger partial charge on any atom is 0.220 e. The molecule has 0 saturated carbocycles. The van der Waals surface area contributed by atoms with Crippen LogP contribution in [-0.4, -0.2) is 36.8 Å². The largest absolute Gasteiger partial charge is 0.367 e. The standard InChI is InChI=1S/C16H18N3O2S.C2H6.Y/c20-22(21,15-6-2-1-3-7-15)19-12-9-14(10-13-19)18-16-8-4-5-11-17-16;1-2;/h2-8,11,14H,9-10,12-13H2,(H,17,18);1-2H3;/q-1;;. The molecular weight excluding hydrogens is 411 g/mol. The monoisotopic (exact) mass is 435 g/mol. The van der Waals surface area contributed by atoms with Crippen molar-refractivity contribution in [3.8, 4) is 0 Å². The molecule has 1 aromatic carbocycles. The maximum atomic E-state index is 12.5. The van der Waals surface area contributed by atoms with E-state index in [9.17, 15) is 8.42 Å². The Labute approximate surface area is 176 Å². The molecule has 1 aromatic heterocycles. The quantitative estimate of drug-likeness (QED) is 0.750. The van der Waals surface area contributed by atoms with Crippen molar-refractivity contribution < 1.29 is 41.1 Å². The van der Waals surface area contributed by atoms with Gasteiger partial charge in [0.2, 0.25) is 10.0 Å². The Kier molecular flexibility index (Phi) is 9.79. The molecular formula is C18H24N3O2SY-. The predicted molar refractivity (Wildman–Crippen MR) is 96.3 cm³/mol. The van der Waals surface area contributed by atoms with Crippen LogP contribution < -0.4 is 5.32 Å². The number of sulfonamides is 1. The SMILES string of the molecule is CC.O=S(=O)(c1cc[c-]cc1)N1CCC(Nc2ccccn2)CC1.[Y]. The first-order chi connectivity index (χ1) is 11.7. The predicted octanol–water partition coefficient (Wildman–Crippen LogP) is 3.17. The van der Waals surface area contributed by atoms with Crippen molar-refractivity contribution in [2.24, 2.45) is 0 Å². The van der Waals surface area contributed by atoms with E-state index < -0.39 is 10.0 Å². The average molecular weight is 435 g/mol. The minimum absolute atomic E-state index is 0. The summed E-state index contributed by atoms with van der Waals surface area (Å²) in [6.45, 7) is 5.04. The van der Waals surface area contributed by atoms with Gasteiger partial charge in [-0.05, 0) is 29.9 Å². The van der Waals surface area contributed by atoms with Crippen LogP contribution in [0.4, 0.5) is 5.82 Å². The molecule has 0 amide bonds. The zero-order valence-corrected chi connectivity index (χ0v) is 18.4. The molecule has 1 saturated heterocycles. The van der Waals surface area contributed by atoms with Crippen molar-refractivity contribution >= 4 is 15.8 Å². The van der Waals surface area contributed by atoms with Crippen molar-refractivity contribution in [2.45, 2.75) is 37.6 Å². The van der Waals surface area contributed by atoms with Crippen LogP contribution in [0.25, 0.3) is 0 Å². The Morgan fingerprint density at radius 2 is 1.76 bits per heavy atom. The summed E-state index contributed by atoms with van der Waals surface area (Å²) >= 11 is 0. The average Bonchev–Trinajstić information content (AvgIpc) is 2.65. The van der Waals surface area contributed by atoms with Gasteiger partial charge in [-0.1, -0.05) is 19.9 Å². The molecule has 0 unspecified atom stereocenters. The Morgan fingerprint density at radius 1 is 1.12 bits per heavy atom. The molecule has 1 N–H and O–H groups in total. The Balaban J connectivity index is 0.00000101. The number of hydrogen-bond donors (Lipinski definition) is 1. The summed E-state index contributed by atoms with van der Waals surface area (Å²) in [6.07, 6.45) is 3.29. The van der Waals surface area contributed by atoms with Gasteiger partial charge in [-0.2, -0.15) is 34.6 Å². The second kappa shape index (κ2) is 11.0. The number of benzene rings is 1. The molecule has 25 heavy (non-hydrogen) atoms. The van der Waals surface area contributed by atoms with Gasteiger partial charge in [-0.25, -0.2) is 13.4 Å². The van der Waals surface area contributed by atoms with Crippen LogP contribution in [0, 0.1) is 6.07 Å². The van der Waals surface area contributed by atoms with E-state index in [0.717, 1.165) is 18.7 Å². The van der Waals surface area contributed by atoms with E-state index in [-0.39, 0.29) is 38.8 Å². The first-order valence-electron chi connectivity index (χ1n) is 8.30. The van der Waals surface area contributed by atoms with Gasteiger partial charge in [0.05, 0.1) is 0 Å². The molecule has 7 heteroatoms. The smallest absolute Gasteiger partial charge is 0.220 e. The van der Waals surface area contributed by atoms with Gasteiger partial charge in [-0.3, -0.25) is 0 Å². The van der Waals surface area contributed by atoms with Gasteiger partial charge >= 0.3 is 0 Å². The minimum Gasteiger partial charge on any atom is -0.367 e. The third kappa shape index (κ3) is 6.13. The summed E-state index contributed by atoms with van der Waals surface area (Å²) in [5.74, 6) is 0.836. The number of rotatable bonds is 4. The number of nitrogens with zero attached hydrogens (tertiary/aromatic N) is 2. The van der Waals surface area contributed by atoms with E-state index >= 15 is 0 Å². The fraction of sp³-hybridized carbons (Fsp3) is 0.389. The fourth-order valence-corrected chi connectivity index (χ4v) is 4.06. The third-order valence-corrected chi connectivity index (χ3v) is 5.71. The molecule has 2 heterocycles. The zero-order valence-electron chi connectivity index (χ0n) is 14.7. The van der Waals surface area contributed by atoms with Gasteiger partial charge in [0, 0.05) is 58.0 Å². The van der Waals surface area contributed by atoms with Gasteiger partial charge in [-0.15, -0.1) is 0 Å². The van der Waals surface area contributed by atoms with Crippen LogP contribution in [0.15, 0.2) is 53.6 Å². The Hall–Kier alpha value is -0.816. The molecule has 1 aliphatic heterocycles. The van der Waals surface area contributed by atoms with Gasteiger partial charge in [0.25, 0.3) is 0 Å². The molecule has 0 bridgehead atoms. The van der Waals surface area contributed by atoms with Crippen molar-refractivity contribution in [3.63, 3.8) is 0 Å². The van der Waals surface area contributed by atoms with Crippen LogP contribution >= 0.6 is 0 Å². The number of anilines is 1. The zero-order chi connectivity index (χ0) is 17.4. The van der Waals surface area contributed by atoms with E-state index in [1.54, 1.807) is 34.8 Å². The van der Waals surface area contributed by atoms with Gasteiger partial charge in [0.1, 0.15) is 5.82 Å². The van der Waals surface area contributed by atoms with E-state index in [2.05, 4.69) is 16.4 Å². The van der Waals surface area contributed by atoms with E-state index in [4.69, 9.17) is 0 Å². The molecule has 3 rings (SSSR count). The summed E-state index contributed by atoms with van der Waals surface area (Å²) in [5.41, 5.74) is 0. The Morgan fingerprint density at radius 3 is 2.32 bits per heavy atom. The number of pyridine rings is 1. The summed E-state index contributed by atoms with van der Waals surface area (Å²) in [6, 6.07) is 15.3. The second-order valence-electron chi connectivity index (χ2n) is 5.27. The van der Waals surface area contributed by atoms with Crippen LogP contribution in [0.5, 0.6) is 0 Å². The Bertz CT molecular complexity index is 704. The summed E-state index contributed by atoms with van der Waals surface area (Å²) in [4.78, 5) is 4.58. The molecule has 1 aliphatic rings. The minimum atomic E-state index is -3.39. The van der Waals surface area contributed by atoms with Crippen molar-refractivity contribution in [1.82, 2.24) is 9.29 Å². The van der Waals surface area contributed by atoms with Crippen molar-refractivity contribution in [2.75, 3.05) is 18.4 Å². The van der Waals surface area contributed by atoms with E-state index in [1.807, 2.05) is 32.0 Å². The number of aromatic nitrogens is 1. The van der Waals surface area contributed by atoms with E-state index in [1.165, 1.54) is 0 Å². The molecule has 133 valence electrons. The number of nitrogens with one attached hydrogen (secondary N) is 1. The van der Waals surface area contributed by atoms with Crippen LogP contribution in [0.2, 0.25) is 0 Å². The topological polar surface area (TPSA) is 62.3 Å². The van der Waals surface area contributed by atoms with Crippen molar-refractivity contribution in [3.05, 3.63) is 54.7 Å². The number of hydrogen-bond acceptors (Lipinski definition) is 4. The second-order valence-corrected chi connectivity index (χ2v) is 7.21. The molecule has 0 atom stereocenters. The fourth-order valence-electron chi connectivity index (χ4n) is 2.59. The van der Waals surface area contributed by atoms with Crippen LogP contribution in [0.1, 0.15) is 26.7 Å². The molecule has 0 aliphatic carbocycles. The molecule has 1 radical (unpaired) electrons. The summed E-state index contributed by atoms with van der Waals surface area (Å²) < 4.78 is 26.6. The molecule has 5 nitrogen and oxygen atoms in total. The third-order valence-electron chi connectivity index (χ3n) is 3.80. The first kappa shape index (κ1) is 22.2. The van der Waals surface area contributed by atoms with E-state index in [0.29, 0.717) is 18.0 Å². The number of piperidine rings is 1. The molecule has 1 fully saturated rings. The van der Waals surface area contributed by atoms with Crippen LogP contribution in [0.3, 0.4) is 0 Å². The maximum absolute atomic E-state index is 12.5. The van der Waals surface area contributed by atoms with Crippen LogP contribution in [-0.2, 0) is 42.7 Å². The molecule has 0 spiro atoms.